The molecular formula is C48H31BO2. The Morgan fingerprint density at radius 2 is 0.608 bits per heavy atom. The summed E-state index contributed by atoms with van der Waals surface area (Å²) in [6, 6.07) is 66.7. The molecule has 0 radical (unpaired) electrons. The summed E-state index contributed by atoms with van der Waals surface area (Å²) in [5, 5.41) is 0. The molecule has 2 nitrogen and oxygen atoms in total. The van der Waals surface area contributed by atoms with Crippen LogP contribution in [0.1, 0.15) is 0 Å². The normalized spacial score (nSPS) is 12.2. The van der Waals surface area contributed by atoms with Crippen LogP contribution in [0.15, 0.2) is 188 Å². The van der Waals surface area contributed by atoms with Crippen LogP contribution in [0.2, 0.25) is 0 Å². The van der Waals surface area contributed by atoms with E-state index >= 15 is 0 Å². The first-order chi connectivity index (χ1) is 25.3. The van der Waals surface area contributed by atoms with E-state index in [1.807, 2.05) is 12.1 Å². The Morgan fingerprint density at radius 1 is 0.275 bits per heavy atom. The topological polar surface area (TPSA) is 18.5 Å². The molecule has 0 saturated heterocycles. The molecule has 2 aliphatic rings. The van der Waals surface area contributed by atoms with Crippen LogP contribution in [0.5, 0.6) is 23.0 Å². The van der Waals surface area contributed by atoms with Crippen molar-refractivity contribution in [1.82, 2.24) is 0 Å². The Labute approximate surface area is 298 Å². The van der Waals surface area contributed by atoms with Gasteiger partial charge in [-0.3, -0.25) is 0 Å². The highest BCUT2D eigenvalue weighted by atomic mass is 16.5. The van der Waals surface area contributed by atoms with Gasteiger partial charge >= 0.3 is 0 Å². The van der Waals surface area contributed by atoms with E-state index in [1.165, 1.54) is 38.9 Å². The van der Waals surface area contributed by atoms with Gasteiger partial charge in [0.15, 0.2) is 0 Å². The molecule has 0 spiro atoms. The molecule has 8 aromatic carbocycles. The van der Waals surface area contributed by atoms with E-state index in [2.05, 4.69) is 176 Å². The summed E-state index contributed by atoms with van der Waals surface area (Å²) in [4.78, 5) is 0. The van der Waals surface area contributed by atoms with Gasteiger partial charge in [-0.05, 0) is 90.8 Å². The van der Waals surface area contributed by atoms with Gasteiger partial charge in [0, 0.05) is 5.46 Å². The molecule has 8 aromatic rings. The third kappa shape index (κ3) is 4.89. The number of fused-ring (bicyclic) bond motifs is 4. The van der Waals surface area contributed by atoms with Crippen molar-refractivity contribution >= 4 is 23.1 Å². The highest BCUT2D eigenvalue weighted by Crippen LogP contribution is 2.45. The maximum atomic E-state index is 6.67. The van der Waals surface area contributed by atoms with E-state index in [9.17, 15) is 0 Å². The summed E-state index contributed by atoms with van der Waals surface area (Å²) in [5.41, 5.74) is 15.1. The molecule has 2 heterocycles. The summed E-state index contributed by atoms with van der Waals surface area (Å²) in [6.45, 7) is 0.0465. The van der Waals surface area contributed by atoms with Gasteiger partial charge in [-0.2, -0.15) is 0 Å². The summed E-state index contributed by atoms with van der Waals surface area (Å²) in [6.07, 6.45) is 0. The van der Waals surface area contributed by atoms with Crippen LogP contribution in [0, 0.1) is 0 Å². The SMILES string of the molecule is c1ccc(-c2ccccc2-c2ccccc2-c2ccccc2-c2ccccc2-c2cc3c4c(c2)Oc2ccccc2B4c2ccccc2O3)cc1. The lowest BCUT2D eigenvalue weighted by atomic mass is 9.35. The minimum Gasteiger partial charge on any atom is -0.458 e. The minimum atomic E-state index is 0.0465. The lowest BCUT2D eigenvalue weighted by Crippen LogP contribution is -2.57. The Kier molecular flexibility index (Phi) is 6.95. The average molecular weight is 651 g/mol. The molecule has 238 valence electrons. The summed E-state index contributed by atoms with van der Waals surface area (Å²) >= 11 is 0. The number of para-hydroxylation sites is 2. The molecule has 0 aliphatic carbocycles. The number of hydrogen-bond acceptors (Lipinski definition) is 2. The van der Waals surface area contributed by atoms with Crippen LogP contribution in [0.3, 0.4) is 0 Å². The Balaban J connectivity index is 1.14. The molecule has 0 aromatic heterocycles. The zero-order valence-electron chi connectivity index (χ0n) is 27.8. The Bertz CT molecular complexity index is 2540. The van der Waals surface area contributed by atoms with Gasteiger partial charge in [-0.25, -0.2) is 0 Å². The minimum absolute atomic E-state index is 0.0465. The van der Waals surface area contributed by atoms with Crippen LogP contribution in [-0.2, 0) is 0 Å². The van der Waals surface area contributed by atoms with Gasteiger partial charge in [0.1, 0.15) is 23.0 Å². The van der Waals surface area contributed by atoms with Crippen molar-refractivity contribution in [2.24, 2.45) is 0 Å². The van der Waals surface area contributed by atoms with Crippen LogP contribution >= 0.6 is 0 Å². The molecule has 2 aliphatic heterocycles. The van der Waals surface area contributed by atoms with Crippen molar-refractivity contribution in [2.45, 2.75) is 0 Å². The molecule has 0 saturated carbocycles. The summed E-state index contributed by atoms with van der Waals surface area (Å²) in [5.74, 6) is 3.46. The molecule has 0 atom stereocenters. The van der Waals surface area contributed by atoms with Gasteiger partial charge < -0.3 is 9.47 Å². The number of hydrogen-bond donors (Lipinski definition) is 0. The monoisotopic (exact) mass is 650 g/mol. The third-order valence-corrected chi connectivity index (χ3v) is 10.3. The van der Waals surface area contributed by atoms with Crippen LogP contribution in [0.4, 0.5) is 0 Å². The molecule has 0 N–H and O–H groups in total. The fraction of sp³-hybridized carbons (Fsp3) is 0. The molecule has 51 heavy (non-hydrogen) atoms. The molecule has 0 bridgehead atoms. The lowest BCUT2D eigenvalue weighted by molar-refractivity contribution is 0.465. The van der Waals surface area contributed by atoms with Gasteiger partial charge in [0.25, 0.3) is 6.71 Å². The van der Waals surface area contributed by atoms with Gasteiger partial charge in [-0.15, -0.1) is 0 Å². The highest BCUT2D eigenvalue weighted by molar-refractivity contribution is 6.98. The van der Waals surface area contributed by atoms with E-state index < -0.39 is 0 Å². The van der Waals surface area contributed by atoms with Crippen molar-refractivity contribution in [3.63, 3.8) is 0 Å². The molecule has 0 amide bonds. The first kappa shape index (κ1) is 29.4. The quantitative estimate of drug-likeness (QED) is 0.173. The molecular weight excluding hydrogens is 619 g/mol. The van der Waals surface area contributed by atoms with E-state index in [-0.39, 0.29) is 6.71 Å². The fourth-order valence-corrected chi connectivity index (χ4v) is 8.01. The number of rotatable bonds is 5. The summed E-state index contributed by atoms with van der Waals surface area (Å²) in [7, 11) is 0. The second-order valence-corrected chi connectivity index (χ2v) is 13.1. The second-order valence-electron chi connectivity index (χ2n) is 13.1. The van der Waals surface area contributed by atoms with Crippen molar-refractivity contribution < 1.29 is 9.47 Å². The third-order valence-electron chi connectivity index (χ3n) is 10.3. The number of ether oxygens (including phenoxy) is 2. The van der Waals surface area contributed by atoms with Crippen molar-refractivity contribution in [3.05, 3.63) is 188 Å². The summed E-state index contributed by atoms with van der Waals surface area (Å²) < 4.78 is 13.3. The molecule has 3 heteroatoms. The van der Waals surface area contributed by atoms with E-state index in [4.69, 9.17) is 9.47 Å². The van der Waals surface area contributed by atoms with Crippen molar-refractivity contribution in [2.75, 3.05) is 0 Å². The van der Waals surface area contributed by atoms with Crippen LogP contribution in [-0.4, -0.2) is 6.71 Å². The predicted molar refractivity (Wildman–Crippen MR) is 211 cm³/mol. The van der Waals surface area contributed by atoms with E-state index in [1.54, 1.807) is 0 Å². The van der Waals surface area contributed by atoms with Crippen molar-refractivity contribution in [3.8, 4) is 78.6 Å². The number of benzene rings is 8. The van der Waals surface area contributed by atoms with Gasteiger partial charge in [0.05, 0.1) is 0 Å². The highest BCUT2D eigenvalue weighted by Gasteiger charge is 2.40. The van der Waals surface area contributed by atoms with Crippen LogP contribution in [0.25, 0.3) is 55.6 Å². The molecule has 10 rings (SSSR count). The molecule has 0 unspecified atom stereocenters. The Morgan fingerprint density at radius 3 is 1.06 bits per heavy atom. The zero-order valence-corrected chi connectivity index (χ0v) is 27.8. The standard InChI is InChI=1S/C48H31BO2/c1-2-16-32(17-3-1)34-18-4-6-20-36(34)38-22-8-10-24-40(38)41-25-11-9-23-39(41)37-21-7-5-19-35(37)33-30-46-48-47(31-33)51-45-29-15-13-27-43(45)49(48)42-26-12-14-28-44(42)50-46/h1-31H. The maximum absolute atomic E-state index is 6.67. The Hall–Kier alpha value is -6.58. The fourth-order valence-electron chi connectivity index (χ4n) is 8.01. The average Bonchev–Trinajstić information content (AvgIpc) is 3.21. The van der Waals surface area contributed by atoms with E-state index in [0.717, 1.165) is 56.1 Å². The first-order valence-corrected chi connectivity index (χ1v) is 17.5. The van der Waals surface area contributed by atoms with Crippen LogP contribution < -0.4 is 25.9 Å². The van der Waals surface area contributed by atoms with Gasteiger partial charge in [0.2, 0.25) is 0 Å². The lowest BCUT2D eigenvalue weighted by Gasteiger charge is -2.33. The van der Waals surface area contributed by atoms with Gasteiger partial charge in [-0.1, -0.05) is 164 Å². The zero-order chi connectivity index (χ0) is 33.7. The van der Waals surface area contributed by atoms with Crippen molar-refractivity contribution in [1.29, 1.82) is 0 Å². The molecule has 0 fully saturated rings. The predicted octanol–water partition coefficient (Wildman–Crippen LogP) is 10.7. The first-order valence-electron chi connectivity index (χ1n) is 17.5. The van der Waals surface area contributed by atoms with E-state index in [0.29, 0.717) is 0 Å². The second kappa shape index (κ2) is 12.1. The smallest absolute Gasteiger partial charge is 0.260 e. The largest absolute Gasteiger partial charge is 0.458 e. The maximum Gasteiger partial charge on any atom is 0.260 e.